The number of hydrogen-bond acceptors (Lipinski definition) is 16. The highest BCUT2D eigenvalue weighted by Gasteiger charge is 2.65. The van der Waals surface area contributed by atoms with Gasteiger partial charge in [-0.1, -0.05) is 12.2 Å². The zero-order valence-corrected chi connectivity index (χ0v) is 26.9. The second kappa shape index (κ2) is 10.8. The molecule has 10 atom stereocenters. The molecule has 4 aromatic heterocycles. The monoisotopic (exact) mass is 719 g/mol. The van der Waals surface area contributed by atoms with E-state index in [1.807, 2.05) is 0 Å². The second-order valence-corrected chi connectivity index (χ2v) is 16.7. The van der Waals surface area contributed by atoms with E-state index in [9.17, 15) is 14.3 Å². The van der Waals surface area contributed by atoms with Crippen LogP contribution >= 0.6 is 25.8 Å². The number of thiol groups is 1. The number of nitrogens with one attached hydrogen (secondary N) is 1. The predicted octanol–water partition coefficient (Wildman–Crippen LogP) is 0.824. The highest BCUT2D eigenvalue weighted by Crippen LogP contribution is 2.61. The Kier molecular flexibility index (Phi) is 7.23. The number of nitrogens with two attached hydrogens (primary N) is 1. The number of aromatic nitrogens is 8. The largest absolute Gasteiger partial charge is 0.386 e. The predicted molar refractivity (Wildman–Crippen MR) is 159 cm³/mol. The molecule has 4 aliphatic rings. The third-order valence-electron chi connectivity index (χ3n) is 8.16. The van der Waals surface area contributed by atoms with E-state index in [0.717, 1.165) is 10.9 Å². The summed E-state index contributed by atoms with van der Waals surface area (Å²) in [6.45, 7) is -7.87. The van der Waals surface area contributed by atoms with E-state index in [-0.39, 0.29) is 23.7 Å². The van der Waals surface area contributed by atoms with Gasteiger partial charge in [0.05, 0.1) is 38.2 Å². The summed E-state index contributed by atoms with van der Waals surface area (Å²) in [6.07, 6.45) is -5.35. The van der Waals surface area contributed by atoms with E-state index >= 15 is 4.39 Å². The maximum Gasteiger partial charge on any atom is 0.386 e. The number of halogens is 1. The third kappa shape index (κ3) is 4.94. The van der Waals surface area contributed by atoms with E-state index in [0.29, 0.717) is 16.9 Å². The van der Waals surface area contributed by atoms with Crippen molar-refractivity contribution in [1.82, 2.24) is 39.0 Å². The SMILES string of the molecule is Cc1ncnc2c1ncn2[C@@H]1O[C@]23CO[C@@H]1[C@@H]2OP(O)(=S)OC[C@H]1O[C@@H](n2cnc4c(=O)[nH]c(N)nc42)[C@H](F)[C@@H]1OP(=O)(S)OC3. The van der Waals surface area contributed by atoms with Gasteiger partial charge in [-0.05, 0) is 18.7 Å². The molecule has 0 aliphatic carbocycles. The van der Waals surface area contributed by atoms with Crippen LogP contribution in [0.5, 0.6) is 0 Å². The number of imidazole rings is 2. The lowest BCUT2D eigenvalue weighted by atomic mass is 10.0. The fourth-order valence-electron chi connectivity index (χ4n) is 6.05. The van der Waals surface area contributed by atoms with E-state index in [1.165, 1.54) is 12.7 Å². The Balaban J connectivity index is 1.10. The average Bonchev–Trinajstić information content (AvgIpc) is 3.80. The molecule has 8 heterocycles. The summed E-state index contributed by atoms with van der Waals surface area (Å²) >= 11 is 9.45. The average molecular weight is 720 g/mol. The van der Waals surface area contributed by atoms with Crippen molar-refractivity contribution in [2.24, 2.45) is 0 Å². The van der Waals surface area contributed by atoms with Crippen LogP contribution in [0.3, 0.4) is 0 Å². The maximum absolute atomic E-state index is 16.1. The summed E-state index contributed by atoms with van der Waals surface area (Å²) in [4.78, 5) is 46.6. The first kappa shape index (κ1) is 30.8. The topological polar surface area (TPSA) is 235 Å². The molecule has 4 aromatic rings. The number of ether oxygens (including phenoxy) is 3. The molecular weight excluding hydrogens is 695 g/mol. The molecule has 19 nitrogen and oxygen atoms in total. The number of nitrogens with zero attached hydrogens (tertiary/aromatic N) is 7. The molecule has 24 heteroatoms. The standard InChI is InChI=1S/C22H24FN9O10P2S2/c1-8-11-16(26-5-25-8)31(6-27-11)20-14-15-22(40-20,3-36-14)4-38-44(35,46)41-13-9(2-37-43(34,45)42-15)39-19(10(13)23)32-7-28-12-17(32)29-21(24)30-18(12)33/h5-7,9-10,13-15,19-20H,2-4H2,1H3,(H,34,45)(H,35,46)(H3,24,29,30,33)/t9-,10-,13-,14-,15+,19-,20-,22+,43?,44?/m1/s1. The van der Waals surface area contributed by atoms with Crippen molar-refractivity contribution in [2.75, 3.05) is 25.6 Å². The van der Waals surface area contributed by atoms with Gasteiger partial charge in [0.1, 0.15) is 41.9 Å². The molecule has 246 valence electrons. The van der Waals surface area contributed by atoms with Crippen LogP contribution in [-0.4, -0.2) is 99.9 Å². The Morgan fingerprint density at radius 2 is 1.87 bits per heavy atom. The van der Waals surface area contributed by atoms with E-state index in [2.05, 4.69) is 42.2 Å². The summed E-state index contributed by atoms with van der Waals surface area (Å²) in [5.74, 6) is -0.234. The third-order valence-corrected chi connectivity index (χ3v) is 11.3. The smallest absolute Gasteiger partial charge is 0.369 e. The van der Waals surface area contributed by atoms with Crippen molar-refractivity contribution in [3.63, 3.8) is 0 Å². The Morgan fingerprint density at radius 1 is 1.11 bits per heavy atom. The number of rotatable bonds is 2. The van der Waals surface area contributed by atoms with Crippen LogP contribution < -0.4 is 11.3 Å². The Labute approximate surface area is 266 Å². The Morgan fingerprint density at radius 3 is 2.67 bits per heavy atom. The first-order valence-electron chi connectivity index (χ1n) is 13.6. The molecular formula is C22H24FN9O10P2S2. The van der Waals surface area contributed by atoms with Crippen LogP contribution in [0.4, 0.5) is 10.3 Å². The normalized spacial score (nSPS) is 39.7. The van der Waals surface area contributed by atoms with Crippen molar-refractivity contribution in [2.45, 2.75) is 55.6 Å². The molecule has 4 aliphatic heterocycles. The van der Waals surface area contributed by atoms with E-state index < -0.39 is 80.9 Å². The van der Waals surface area contributed by atoms with Crippen LogP contribution in [-0.2, 0) is 48.7 Å². The van der Waals surface area contributed by atoms with Gasteiger partial charge in [0, 0.05) is 0 Å². The molecule has 4 saturated heterocycles. The molecule has 2 unspecified atom stereocenters. The molecule has 8 rings (SSSR count). The highest BCUT2D eigenvalue weighted by atomic mass is 32.7. The van der Waals surface area contributed by atoms with Gasteiger partial charge in [-0.15, -0.1) is 0 Å². The Hall–Kier alpha value is -2.46. The van der Waals surface area contributed by atoms with Crippen molar-refractivity contribution in [3.05, 3.63) is 35.0 Å². The van der Waals surface area contributed by atoms with Gasteiger partial charge in [-0.2, -0.15) is 4.98 Å². The number of anilines is 1. The lowest BCUT2D eigenvalue weighted by Gasteiger charge is -2.34. The minimum Gasteiger partial charge on any atom is -0.369 e. The zero-order valence-electron chi connectivity index (χ0n) is 23.4. The first-order chi connectivity index (χ1) is 21.8. The number of alkyl halides is 1. The molecule has 0 spiro atoms. The van der Waals surface area contributed by atoms with Gasteiger partial charge < -0.3 is 29.4 Å². The van der Waals surface area contributed by atoms with Gasteiger partial charge >= 0.3 is 13.5 Å². The molecule has 0 aromatic carbocycles. The molecule has 0 saturated carbocycles. The highest BCUT2D eigenvalue weighted by molar-refractivity contribution is 8.44. The fourth-order valence-corrected chi connectivity index (χ4v) is 9.01. The van der Waals surface area contributed by atoms with Crippen LogP contribution in [0.15, 0.2) is 23.8 Å². The van der Waals surface area contributed by atoms with Gasteiger partial charge in [0.2, 0.25) is 5.95 Å². The summed E-state index contributed by atoms with van der Waals surface area (Å²) in [5, 5.41) is 0. The molecule has 2 bridgehead atoms. The number of nitrogen functional groups attached to an aromatic ring is 1. The lowest BCUT2D eigenvalue weighted by molar-refractivity contribution is -0.183. The first-order valence-corrected chi connectivity index (χ1v) is 18.9. The molecule has 4 N–H and O–H groups in total. The van der Waals surface area contributed by atoms with Crippen LogP contribution in [0, 0.1) is 6.92 Å². The van der Waals surface area contributed by atoms with Gasteiger partial charge in [-0.3, -0.25) is 32.5 Å². The van der Waals surface area contributed by atoms with Gasteiger partial charge in [0.15, 0.2) is 35.4 Å². The summed E-state index contributed by atoms with van der Waals surface area (Å²) in [6, 6.07) is 0. The maximum atomic E-state index is 16.1. The molecule has 0 amide bonds. The summed E-state index contributed by atoms with van der Waals surface area (Å²) in [5.41, 5.74) is 4.97. The van der Waals surface area contributed by atoms with Crippen LogP contribution in [0.2, 0.25) is 0 Å². The van der Waals surface area contributed by atoms with Crippen LogP contribution in [0.25, 0.3) is 22.3 Å². The second-order valence-electron chi connectivity index (χ2n) is 11.0. The molecule has 4 fully saturated rings. The molecule has 46 heavy (non-hydrogen) atoms. The number of aromatic amines is 1. The number of aryl methyl sites for hydroxylation is 1. The minimum atomic E-state index is -4.36. The summed E-state index contributed by atoms with van der Waals surface area (Å²) < 4.78 is 73.7. The Bertz CT molecular complexity index is 2030. The van der Waals surface area contributed by atoms with E-state index in [4.69, 9.17) is 49.8 Å². The number of fused-ring (bicyclic) bond motifs is 3. The number of hydrogen-bond donors (Lipinski definition) is 4. The fraction of sp³-hybridized carbons (Fsp3) is 0.545. The quantitative estimate of drug-likeness (QED) is 0.166. The van der Waals surface area contributed by atoms with Crippen LogP contribution in [0.1, 0.15) is 18.1 Å². The van der Waals surface area contributed by atoms with Crippen molar-refractivity contribution >= 4 is 65.8 Å². The zero-order chi connectivity index (χ0) is 32.2. The minimum absolute atomic E-state index is 0.0741. The van der Waals surface area contributed by atoms with Crippen molar-refractivity contribution in [3.8, 4) is 0 Å². The van der Waals surface area contributed by atoms with E-state index in [1.54, 1.807) is 11.5 Å². The van der Waals surface area contributed by atoms with Crippen molar-refractivity contribution in [1.29, 1.82) is 0 Å². The van der Waals surface area contributed by atoms with Gasteiger partial charge in [-0.25, -0.2) is 28.9 Å². The summed E-state index contributed by atoms with van der Waals surface area (Å²) in [7, 11) is 0. The lowest BCUT2D eigenvalue weighted by Crippen LogP contribution is -2.46. The molecule has 0 radical (unpaired) electrons. The van der Waals surface area contributed by atoms with Gasteiger partial charge in [0.25, 0.3) is 5.56 Å². The number of H-pyrrole nitrogens is 1. The van der Waals surface area contributed by atoms with Crippen molar-refractivity contribution < 1.29 is 46.2 Å².